The van der Waals surface area contributed by atoms with E-state index in [1.807, 2.05) is 26.0 Å². The van der Waals surface area contributed by atoms with Crippen LogP contribution in [0.4, 0.5) is 0 Å². The lowest BCUT2D eigenvalue weighted by molar-refractivity contribution is 0.176. The second kappa shape index (κ2) is 5.80. The van der Waals surface area contributed by atoms with E-state index in [4.69, 9.17) is 4.74 Å². The van der Waals surface area contributed by atoms with Crippen LogP contribution in [0, 0.1) is 13.8 Å². The van der Waals surface area contributed by atoms with E-state index in [1.165, 1.54) is 11.9 Å². The summed E-state index contributed by atoms with van der Waals surface area (Å²) >= 11 is 0. The number of ether oxygens (including phenoxy) is 1. The average molecular weight is 258 g/mol. The van der Waals surface area contributed by atoms with Crippen molar-refractivity contribution in [3.05, 3.63) is 53.0 Å². The largest absolute Gasteiger partial charge is 0.481 e. The van der Waals surface area contributed by atoms with Crippen LogP contribution in [0.5, 0.6) is 5.88 Å². The molecule has 100 valence electrons. The first-order valence-electron chi connectivity index (χ1n) is 6.20. The number of aromatic nitrogens is 2. The first-order valence-corrected chi connectivity index (χ1v) is 6.20. The highest BCUT2D eigenvalue weighted by atomic mass is 16.5. The Bertz CT molecular complexity index is 570. The Morgan fingerprint density at radius 1 is 1.21 bits per heavy atom. The molecule has 0 aliphatic carbocycles. The molecule has 2 aromatic rings. The molecule has 0 spiro atoms. The van der Waals surface area contributed by atoms with Gasteiger partial charge in [0, 0.05) is 12.5 Å². The van der Waals surface area contributed by atoms with Crippen LogP contribution in [0.25, 0.3) is 0 Å². The van der Waals surface area contributed by atoms with E-state index >= 15 is 0 Å². The van der Waals surface area contributed by atoms with Crippen molar-refractivity contribution in [2.24, 2.45) is 0 Å². The molecule has 0 bridgehead atoms. The lowest BCUT2D eigenvalue weighted by Gasteiger charge is -2.14. The summed E-state index contributed by atoms with van der Waals surface area (Å²) in [6.45, 7) is 4.05. The van der Waals surface area contributed by atoms with Crippen molar-refractivity contribution in [2.75, 3.05) is 7.11 Å². The fourth-order valence-corrected chi connectivity index (χ4v) is 2.11. The Hall–Kier alpha value is -1.94. The van der Waals surface area contributed by atoms with Crippen LogP contribution in [-0.4, -0.2) is 22.2 Å². The summed E-state index contributed by atoms with van der Waals surface area (Å²) in [5.41, 5.74) is 3.98. The molecular formula is C15H18N2O2. The van der Waals surface area contributed by atoms with Gasteiger partial charge in [-0.05, 0) is 25.0 Å². The van der Waals surface area contributed by atoms with Gasteiger partial charge in [-0.15, -0.1) is 0 Å². The summed E-state index contributed by atoms with van der Waals surface area (Å²) in [6, 6.07) is 7.78. The summed E-state index contributed by atoms with van der Waals surface area (Å²) in [7, 11) is 1.56. The molecule has 1 aromatic carbocycles. The second-order valence-corrected chi connectivity index (χ2v) is 4.63. The van der Waals surface area contributed by atoms with E-state index in [9.17, 15) is 5.11 Å². The van der Waals surface area contributed by atoms with E-state index in [2.05, 4.69) is 16.0 Å². The maximum atomic E-state index is 10.3. The van der Waals surface area contributed by atoms with Crippen LogP contribution in [-0.2, 0) is 6.42 Å². The molecule has 1 atom stereocenters. The van der Waals surface area contributed by atoms with E-state index in [1.54, 1.807) is 13.2 Å². The van der Waals surface area contributed by atoms with Gasteiger partial charge < -0.3 is 9.84 Å². The minimum Gasteiger partial charge on any atom is -0.481 e. The van der Waals surface area contributed by atoms with Crippen LogP contribution in [0.3, 0.4) is 0 Å². The molecule has 1 unspecified atom stereocenters. The van der Waals surface area contributed by atoms with Crippen molar-refractivity contribution in [1.82, 2.24) is 9.97 Å². The van der Waals surface area contributed by atoms with Crippen LogP contribution < -0.4 is 4.74 Å². The Balaban J connectivity index is 2.17. The number of aliphatic hydroxyl groups excluding tert-OH is 1. The number of rotatable bonds is 4. The molecule has 0 radical (unpaired) electrons. The Morgan fingerprint density at radius 3 is 2.68 bits per heavy atom. The smallest absolute Gasteiger partial charge is 0.216 e. The van der Waals surface area contributed by atoms with Gasteiger partial charge in [-0.25, -0.2) is 9.97 Å². The van der Waals surface area contributed by atoms with Gasteiger partial charge in [0.2, 0.25) is 5.88 Å². The van der Waals surface area contributed by atoms with Gasteiger partial charge in [-0.1, -0.05) is 23.8 Å². The molecule has 0 amide bonds. The summed E-state index contributed by atoms with van der Waals surface area (Å²) in [4.78, 5) is 8.10. The predicted octanol–water partition coefficient (Wildman–Crippen LogP) is 2.38. The number of benzene rings is 1. The van der Waals surface area contributed by atoms with Gasteiger partial charge >= 0.3 is 0 Å². The van der Waals surface area contributed by atoms with Crippen molar-refractivity contribution in [3.8, 4) is 5.88 Å². The summed E-state index contributed by atoms with van der Waals surface area (Å²) in [5.74, 6) is 0.512. The number of methoxy groups -OCH3 is 1. The summed E-state index contributed by atoms with van der Waals surface area (Å²) in [5, 5.41) is 10.3. The fraction of sp³-hybridized carbons (Fsp3) is 0.333. The molecule has 1 heterocycles. The molecule has 0 saturated heterocycles. The lowest BCUT2D eigenvalue weighted by Crippen LogP contribution is -2.06. The van der Waals surface area contributed by atoms with Gasteiger partial charge in [0.1, 0.15) is 6.33 Å². The van der Waals surface area contributed by atoms with Crippen LogP contribution in [0.15, 0.2) is 30.6 Å². The third kappa shape index (κ3) is 3.29. The Kier molecular flexibility index (Phi) is 4.12. The maximum absolute atomic E-state index is 10.3. The van der Waals surface area contributed by atoms with E-state index in [0.717, 1.165) is 16.8 Å². The zero-order valence-electron chi connectivity index (χ0n) is 11.4. The minimum atomic E-state index is -0.569. The molecule has 2 rings (SSSR count). The highest BCUT2D eigenvalue weighted by Gasteiger charge is 2.12. The molecule has 1 aromatic heterocycles. The van der Waals surface area contributed by atoms with Crippen molar-refractivity contribution in [1.29, 1.82) is 0 Å². The standard InChI is InChI=1S/C15H18N2O2/c1-10-4-5-13(11(2)6-10)14(18)7-12-8-15(19-3)17-9-16-12/h4-6,8-9,14,18H,7H2,1-3H3. The Morgan fingerprint density at radius 2 is 2.00 bits per heavy atom. The number of aliphatic hydroxyl groups is 1. The normalized spacial score (nSPS) is 12.2. The van der Waals surface area contributed by atoms with Crippen LogP contribution in [0.2, 0.25) is 0 Å². The van der Waals surface area contributed by atoms with Crippen LogP contribution in [0.1, 0.15) is 28.5 Å². The molecule has 0 aliphatic heterocycles. The quantitative estimate of drug-likeness (QED) is 0.914. The Labute approximate surface area is 113 Å². The number of hydrogen-bond acceptors (Lipinski definition) is 4. The van der Waals surface area contributed by atoms with E-state index in [0.29, 0.717) is 12.3 Å². The molecule has 4 heteroatoms. The van der Waals surface area contributed by atoms with Gasteiger partial charge in [0.25, 0.3) is 0 Å². The van der Waals surface area contributed by atoms with Gasteiger partial charge in [0.05, 0.1) is 18.9 Å². The first kappa shape index (κ1) is 13.5. The van der Waals surface area contributed by atoms with E-state index < -0.39 is 6.10 Å². The number of nitrogens with zero attached hydrogens (tertiary/aromatic N) is 2. The maximum Gasteiger partial charge on any atom is 0.216 e. The number of hydrogen-bond donors (Lipinski definition) is 1. The zero-order chi connectivity index (χ0) is 13.8. The third-order valence-corrected chi connectivity index (χ3v) is 3.09. The second-order valence-electron chi connectivity index (χ2n) is 4.63. The topological polar surface area (TPSA) is 55.2 Å². The van der Waals surface area contributed by atoms with Crippen molar-refractivity contribution < 1.29 is 9.84 Å². The SMILES string of the molecule is COc1cc(CC(O)c2ccc(C)cc2C)ncn1. The molecule has 1 N–H and O–H groups in total. The molecule has 0 saturated carbocycles. The average Bonchev–Trinajstić information content (AvgIpc) is 2.38. The molecule has 0 fully saturated rings. The predicted molar refractivity (Wildman–Crippen MR) is 73.2 cm³/mol. The summed E-state index contributed by atoms with van der Waals surface area (Å²) in [6.07, 6.45) is 1.33. The van der Waals surface area contributed by atoms with Gasteiger partial charge in [0.15, 0.2) is 0 Å². The monoisotopic (exact) mass is 258 g/mol. The van der Waals surface area contributed by atoms with Gasteiger partial charge in [-0.3, -0.25) is 0 Å². The molecular weight excluding hydrogens is 240 g/mol. The lowest BCUT2D eigenvalue weighted by atomic mass is 9.98. The van der Waals surface area contributed by atoms with Crippen molar-refractivity contribution in [3.63, 3.8) is 0 Å². The summed E-state index contributed by atoms with van der Waals surface area (Å²) < 4.78 is 5.05. The van der Waals surface area contributed by atoms with Crippen LogP contribution >= 0.6 is 0 Å². The molecule has 4 nitrogen and oxygen atoms in total. The van der Waals surface area contributed by atoms with E-state index in [-0.39, 0.29) is 0 Å². The van der Waals surface area contributed by atoms with Crippen molar-refractivity contribution >= 4 is 0 Å². The van der Waals surface area contributed by atoms with Gasteiger partial charge in [-0.2, -0.15) is 0 Å². The highest BCUT2D eigenvalue weighted by Crippen LogP contribution is 2.22. The highest BCUT2D eigenvalue weighted by molar-refractivity contribution is 5.32. The zero-order valence-corrected chi connectivity index (χ0v) is 11.4. The number of aryl methyl sites for hydroxylation is 2. The molecule has 0 aliphatic rings. The van der Waals surface area contributed by atoms with Crippen molar-refractivity contribution in [2.45, 2.75) is 26.4 Å². The molecule has 19 heavy (non-hydrogen) atoms. The minimum absolute atomic E-state index is 0.447. The third-order valence-electron chi connectivity index (χ3n) is 3.09. The fourth-order valence-electron chi connectivity index (χ4n) is 2.11. The first-order chi connectivity index (χ1) is 9.10.